The number of amides is 1. The summed E-state index contributed by atoms with van der Waals surface area (Å²) in [5, 5.41) is 9.00. The highest BCUT2D eigenvalue weighted by Gasteiger charge is 2.13. The van der Waals surface area contributed by atoms with Gasteiger partial charge in [0.1, 0.15) is 4.88 Å². The summed E-state index contributed by atoms with van der Waals surface area (Å²) in [7, 11) is 1.89. The molecule has 0 aliphatic carbocycles. The van der Waals surface area contributed by atoms with Crippen molar-refractivity contribution in [1.29, 1.82) is 0 Å². The molecule has 2 heterocycles. The predicted octanol–water partition coefficient (Wildman–Crippen LogP) is 1.61. The van der Waals surface area contributed by atoms with Crippen molar-refractivity contribution < 1.29 is 4.79 Å². The second-order valence-corrected chi connectivity index (χ2v) is 5.08. The van der Waals surface area contributed by atoms with Gasteiger partial charge in [-0.15, -0.1) is 11.3 Å². The normalized spacial score (nSPS) is 10.6. The summed E-state index contributed by atoms with van der Waals surface area (Å²) in [5.74, 6) is -0.134. The molecule has 0 atom stereocenters. The lowest BCUT2D eigenvalue weighted by Crippen LogP contribution is -2.23. The lowest BCUT2D eigenvalue weighted by Gasteiger charge is -2.05. The smallest absolute Gasteiger partial charge is 0.263 e. The monoisotopic (exact) mass is 264 g/mol. The average molecular weight is 264 g/mol. The van der Waals surface area contributed by atoms with E-state index in [9.17, 15) is 4.79 Å². The zero-order valence-electron chi connectivity index (χ0n) is 10.7. The van der Waals surface area contributed by atoms with E-state index < -0.39 is 0 Å². The molecule has 96 valence electrons. The molecule has 0 aromatic carbocycles. The molecule has 0 radical (unpaired) electrons. The molecule has 0 saturated heterocycles. The fourth-order valence-electron chi connectivity index (χ4n) is 1.83. The lowest BCUT2D eigenvalue weighted by atomic mass is 10.2. The van der Waals surface area contributed by atoms with Crippen LogP contribution in [0.15, 0.2) is 11.4 Å². The lowest BCUT2D eigenvalue weighted by molar-refractivity contribution is 0.0955. The molecule has 0 bridgehead atoms. The third-order valence-corrected chi connectivity index (χ3v) is 3.92. The Labute approximate surface area is 110 Å². The van der Waals surface area contributed by atoms with Gasteiger partial charge < -0.3 is 11.1 Å². The standard InChI is InChI=1S/C12H16N4OS/c1-7-9(8(2)16(3)15-7)6-14-12(17)11-10(13)4-5-18-11/h4-5H,6,13H2,1-3H3,(H,14,17). The number of hydrogen-bond donors (Lipinski definition) is 2. The first kappa shape index (κ1) is 12.6. The highest BCUT2D eigenvalue weighted by molar-refractivity contribution is 7.12. The van der Waals surface area contributed by atoms with Crippen molar-refractivity contribution in [3.05, 3.63) is 33.3 Å². The van der Waals surface area contributed by atoms with Gasteiger partial charge in [0.05, 0.1) is 11.4 Å². The third kappa shape index (κ3) is 2.24. The van der Waals surface area contributed by atoms with Crippen LogP contribution in [0.3, 0.4) is 0 Å². The van der Waals surface area contributed by atoms with Crippen molar-refractivity contribution in [1.82, 2.24) is 15.1 Å². The Morgan fingerprint density at radius 2 is 2.28 bits per heavy atom. The fraction of sp³-hybridized carbons (Fsp3) is 0.333. The summed E-state index contributed by atoms with van der Waals surface area (Å²) in [6, 6.07) is 1.74. The molecule has 2 aromatic rings. The maximum Gasteiger partial charge on any atom is 0.263 e. The summed E-state index contributed by atoms with van der Waals surface area (Å²) in [6.45, 7) is 4.40. The molecular formula is C12H16N4OS. The molecule has 0 spiro atoms. The van der Waals surface area contributed by atoms with Gasteiger partial charge in [-0.2, -0.15) is 5.10 Å². The van der Waals surface area contributed by atoms with Crippen molar-refractivity contribution >= 4 is 22.9 Å². The number of hydrogen-bond acceptors (Lipinski definition) is 4. The summed E-state index contributed by atoms with van der Waals surface area (Å²) in [4.78, 5) is 12.5. The first-order chi connectivity index (χ1) is 8.50. The second-order valence-electron chi connectivity index (χ2n) is 4.16. The number of nitrogens with zero attached hydrogens (tertiary/aromatic N) is 2. The number of rotatable bonds is 3. The first-order valence-electron chi connectivity index (χ1n) is 5.61. The Hall–Kier alpha value is -1.82. The minimum absolute atomic E-state index is 0.134. The van der Waals surface area contributed by atoms with Crippen molar-refractivity contribution in [3.63, 3.8) is 0 Å². The summed E-state index contributed by atoms with van der Waals surface area (Å²) >= 11 is 1.35. The van der Waals surface area contributed by atoms with E-state index in [0.29, 0.717) is 17.1 Å². The molecule has 0 aliphatic heterocycles. The molecule has 3 N–H and O–H groups in total. The van der Waals surface area contributed by atoms with Gasteiger partial charge in [-0.3, -0.25) is 9.48 Å². The number of anilines is 1. The van der Waals surface area contributed by atoms with Crippen molar-refractivity contribution in [2.75, 3.05) is 5.73 Å². The molecule has 0 unspecified atom stereocenters. The Morgan fingerprint density at radius 3 is 2.78 bits per heavy atom. The third-order valence-electron chi connectivity index (χ3n) is 2.99. The van der Waals surface area contributed by atoms with Crippen LogP contribution in [0.25, 0.3) is 0 Å². The maximum absolute atomic E-state index is 11.9. The fourth-order valence-corrected chi connectivity index (χ4v) is 2.56. The largest absolute Gasteiger partial charge is 0.397 e. The zero-order chi connectivity index (χ0) is 13.3. The van der Waals surface area contributed by atoms with Gasteiger partial charge in [0.2, 0.25) is 0 Å². The number of nitrogens with one attached hydrogen (secondary N) is 1. The van der Waals surface area contributed by atoms with E-state index in [1.807, 2.05) is 31.0 Å². The topological polar surface area (TPSA) is 72.9 Å². The van der Waals surface area contributed by atoms with Crippen LogP contribution in [0.2, 0.25) is 0 Å². The van der Waals surface area contributed by atoms with Crippen LogP contribution in [0, 0.1) is 13.8 Å². The Bertz CT molecular complexity index is 585. The van der Waals surface area contributed by atoms with Crippen molar-refractivity contribution in [3.8, 4) is 0 Å². The van der Waals surface area contributed by atoms with E-state index in [2.05, 4.69) is 10.4 Å². The number of carbonyl (C=O) groups excluding carboxylic acids is 1. The number of thiophene rings is 1. The van der Waals surface area contributed by atoms with Gasteiger partial charge in [0, 0.05) is 24.8 Å². The van der Waals surface area contributed by atoms with Crippen molar-refractivity contribution in [2.24, 2.45) is 7.05 Å². The summed E-state index contributed by atoms with van der Waals surface area (Å²) in [6.07, 6.45) is 0. The van der Waals surface area contributed by atoms with Crippen LogP contribution >= 0.6 is 11.3 Å². The molecule has 2 rings (SSSR count). The maximum atomic E-state index is 11.9. The Morgan fingerprint density at radius 1 is 1.56 bits per heavy atom. The van der Waals surface area contributed by atoms with E-state index in [1.54, 1.807) is 6.07 Å². The van der Waals surface area contributed by atoms with E-state index in [4.69, 9.17) is 5.73 Å². The number of nitrogen functional groups attached to an aromatic ring is 1. The first-order valence-corrected chi connectivity index (χ1v) is 6.49. The zero-order valence-corrected chi connectivity index (χ0v) is 11.5. The van der Waals surface area contributed by atoms with E-state index in [1.165, 1.54) is 11.3 Å². The molecular weight excluding hydrogens is 248 g/mol. The quantitative estimate of drug-likeness (QED) is 0.884. The van der Waals surface area contributed by atoms with Gasteiger partial charge in [-0.1, -0.05) is 0 Å². The molecule has 0 saturated carbocycles. The Kier molecular flexibility index (Phi) is 3.38. The van der Waals surface area contributed by atoms with Gasteiger partial charge in [0.15, 0.2) is 0 Å². The molecule has 1 amide bonds. The van der Waals surface area contributed by atoms with E-state index in [-0.39, 0.29) is 5.91 Å². The highest BCUT2D eigenvalue weighted by atomic mass is 32.1. The average Bonchev–Trinajstić information content (AvgIpc) is 2.83. The molecule has 2 aromatic heterocycles. The van der Waals surface area contributed by atoms with Gasteiger partial charge >= 0.3 is 0 Å². The van der Waals surface area contributed by atoms with Crippen LogP contribution in [0.4, 0.5) is 5.69 Å². The predicted molar refractivity (Wildman–Crippen MR) is 72.6 cm³/mol. The van der Waals surface area contributed by atoms with Gasteiger partial charge in [-0.05, 0) is 25.3 Å². The summed E-state index contributed by atoms with van der Waals surface area (Å²) in [5.41, 5.74) is 9.29. The number of nitrogens with two attached hydrogens (primary N) is 1. The second kappa shape index (κ2) is 4.81. The number of carbonyl (C=O) groups is 1. The Balaban J connectivity index is 2.09. The number of aryl methyl sites for hydroxylation is 2. The highest BCUT2D eigenvalue weighted by Crippen LogP contribution is 2.19. The van der Waals surface area contributed by atoms with Gasteiger partial charge in [0.25, 0.3) is 5.91 Å². The van der Waals surface area contributed by atoms with Crippen LogP contribution in [-0.2, 0) is 13.6 Å². The van der Waals surface area contributed by atoms with E-state index in [0.717, 1.165) is 17.0 Å². The van der Waals surface area contributed by atoms with Crippen molar-refractivity contribution in [2.45, 2.75) is 20.4 Å². The number of aromatic nitrogens is 2. The van der Waals surface area contributed by atoms with Crippen LogP contribution in [-0.4, -0.2) is 15.7 Å². The van der Waals surface area contributed by atoms with Crippen LogP contribution in [0.5, 0.6) is 0 Å². The van der Waals surface area contributed by atoms with Gasteiger partial charge in [-0.25, -0.2) is 0 Å². The SMILES string of the molecule is Cc1nn(C)c(C)c1CNC(=O)c1sccc1N. The van der Waals surface area contributed by atoms with Crippen LogP contribution in [0.1, 0.15) is 26.6 Å². The summed E-state index contributed by atoms with van der Waals surface area (Å²) < 4.78 is 1.82. The van der Waals surface area contributed by atoms with E-state index >= 15 is 0 Å². The van der Waals surface area contributed by atoms with Crippen LogP contribution < -0.4 is 11.1 Å². The molecule has 5 nitrogen and oxygen atoms in total. The molecule has 0 aliphatic rings. The minimum atomic E-state index is -0.134. The molecule has 0 fully saturated rings. The molecule has 6 heteroatoms. The molecule has 18 heavy (non-hydrogen) atoms. The minimum Gasteiger partial charge on any atom is -0.397 e.